The van der Waals surface area contributed by atoms with E-state index in [9.17, 15) is 78.3 Å². The largest absolute Gasteiger partial charge is 0.508 e. The minimum atomic E-state index is -1.95. The number of hydrogen-bond donors (Lipinski definition) is 14. The number of carbonyl (C=O) groups excluding carboxylic acids is 10. The Morgan fingerprint density at radius 1 is 0.827 bits per heavy atom. The molecule has 2 heterocycles. The van der Waals surface area contributed by atoms with Gasteiger partial charge in [-0.3, -0.25) is 53.5 Å². The molecule has 98 heavy (non-hydrogen) atoms. The molecule has 0 radical (unpaired) electrons. The second kappa shape index (κ2) is 45.8. The zero-order valence-corrected chi connectivity index (χ0v) is 59.5. The van der Waals surface area contributed by atoms with Gasteiger partial charge in [0.05, 0.1) is 30.5 Å². The molecule has 1 aliphatic rings. The predicted molar refractivity (Wildman–Crippen MR) is 363 cm³/mol. The van der Waals surface area contributed by atoms with Gasteiger partial charge in [-0.2, -0.15) is 0 Å². The number of aromatic hydroxyl groups is 1. The average molecular weight is 1440 g/mol. The second-order valence-electron chi connectivity index (χ2n) is 24.6. The number of likely N-dealkylation sites (tertiary alicyclic amines) is 1. The van der Waals surface area contributed by atoms with Crippen LogP contribution in [0.4, 0.5) is 4.79 Å². The van der Waals surface area contributed by atoms with Crippen molar-refractivity contribution < 1.29 is 103 Å². The molecule has 34 heteroatoms. The number of aliphatic hydroxyl groups is 5. The number of thiazole rings is 1. The molecule has 1 aliphatic heterocycles. The molecule has 1 aromatic carbocycles. The summed E-state index contributed by atoms with van der Waals surface area (Å²) < 4.78 is 16.9. The molecule has 2 aromatic rings. The zero-order chi connectivity index (χ0) is 73.0. The number of rotatable bonds is 46. The number of carboxylic acid groups (broad SMARTS) is 1. The third-order valence-corrected chi connectivity index (χ3v) is 19.7. The molecule has 13 atom stereocenters. The van der Waals surface area contributed by atoms with E-state index in [-0.39, 0.29) is 92.7 Å². The van der Waals surface area contributed by atoms with E-state index in [0.29, 0.717) is 42.7 Å². The number of aldehydes is 1. The predicted octanol–water partition coefficient (Wildman–Crippen LogP) is 1.63. The van der Waals surface area contributed by atoms with E-state index in [0.717, 1.165) is 24.9 Å². The molecular formula is C64H102N10O21S3. The van der Waals surface area contributed by atoms with Crippen molar-refractivity contribution in [3.8, 4) is 5.75 Å². The van der Waals surface area contributed by atoms with E-state index in [4.69, 9.17) is 29.4 Å². The molecule has 552 valence electrons. The Kier molecular flexibility index (Phi) is 40.0. The molecule has 31 nitrogen and oxygen atoms in total. The monoisotopic (exact) mass is 1440 g/mol. The van der Waals surface area contributed by atoms with Gasteiger partial charge in [0.2, 0.25) is 35.4 Å². The first kappa shape index (κ1) is 85.5. The first-order valence-corrected chi connectivity index (χ1v) is 36.3. The molecule has 3 rings (SSSR count). The Morgan fingerprint density at radius 3 is 2.15 bits per heavy atom. The number of aliphatic hydroxyl groups excluding tert-OH is 5. The van der Waals surface area contributed by atoms with Gasteiger partial charge >= 0.3 is 24.0 Å². The van der Waals surface area contributed by atoms with Gasteiger partial charge in [-0.25, -0.2) is 15.2 Å². The van der Waals surface area contributed by atoms with Crippen molar-refractivity contribution in [1.29, 1.82) is 0 Å². The van der Waals surface area contributed by atoms with Gasteiger partial charge in [-0.05, 0) is 88.1 Å². The third kappa shape index (κ3) is 31.6. The summed E-state index contributed by atoms with van der Waals surface area (Å²) in [6, 6.07) is 1.53. The lowest BCUT2D eigenvalue weighted by molar-refractivity contribution is -0.160. The van der Waals surface area contributed by atoms with Crippen LogP contribution in [-0.2, 0) is 75.1 Å². The highest BCUT2D eigenvalue weighted by molar-refractivity contribution is 8.76. The van der Waals surface area contributed by atoms with Crippen LogP contribution in [0.2, 0.25) is 0 Å². The molecule has 1 fully saturated rings. The summed E-state index contributed by atoms with van der Waals surface area (Å²) >= 11 is 1.24. The van der Waals surface area contributed by atoms with Crippen LogP contribution in [0.3, 0.4) is 0 Å². The van der Waals surface area contributed by atoms with Gasteiger partial charge in [-0.1, -0.05) is 88.1 Å². The summed E-state index contributed by atoms with van der Waals surface area (Å²) in [5, 5.41) is 83.5. The third-order valence-electron chi connectivity index (χ3n) is 16.3. The number of carboxylic acids is 1. The van der Waals surface area contributed by atoms with Crippen LogP contribution in [0.15, 0.2) is 29.6 Å². The summed E-state index contributed by atoms with van der Waals surface area (Å²) in [5.41, 5.74) is 6.03. The first-order valence-electron chi connectivity index (χ1n) is 33.0. The topological polar surface area (TPSA) is 461 Å². The molecule has 1 aromatic heterocycles. The fourth-order valence-electron chi connectivity index (χ4n) is 10.4. The van der Waals surface area contributed by atoms with Crippen LogP contribution in [0.5, 0.6) is 5.75 Å². The fraction of sp³-hybridized carbons (Fsp3) is 0.688. The number of phenols is 1. The number of carbonyl (C=O) groups is 11. The highest BCUT2D eigenvalue weighted by Gasteiger charge is 2.40. The summed E-state index contributed by atoms with van der Waals surface area (Å²) in [4.78, 5) is 151. The van der Waals surface area contributed by atoms with Gasteiger partial charge in [0.25, 0.3) is 0 Å². The van der Waals surface area contributed by atoms with Gasteiger partial charge in [-0.15, -0.1) is 11.3 Å². The van der Waals surface area contributed by atoms with Crippen molar-refractivity contribution >= 4 is 98.7 Å². The summed E-state index contributed by atoms with van der Waals surface area (Å²) in [6.07, 6.45) is -6.26. The molecule has 14 N–H and O–H groups in total. The lowest BCUT2D eigenvalue weighted by atomic mass is 9.92. The number of esters is 2. The number of hydrogen-bond acceptors (Lipinski definition) is 26. The quantitative estimate of drug-likeness (QED) is 0.00852. The standard InChI is InChI=1S/C64H102N10O21S3/c1-9-13-55(85)94-36-74(63(91)56(38(5)10-2)70-61(90)47-14-11-12-24-73(47)8)48(37(3)4)30-51(95-40(7)77)62-68-44(35-96-62)31-65-43(29-41-15-18-45(78)19-16-41)28-39(6)59(88)71-72-64(92)93-25-27-98-97-26-23-53(82)69-46(60(89)67-42(33-75)17-22-54(83)84)20-21-52(81)66-32-49(79)57(86)58(87)50(80)34-76/h15-16,18-19,33,35,37-39,42-43,46-51,56-58,65,76,78-80,86-87H,9-14,17,20-32,34,36H2,1-8H3,(H,66,81)(H,67,89)(H,69,82)(H,70,90)(H,71,88)(H,72,92)(H,83,84)/t38?,39-,42?,43+,46?,47+,48+,49?,50?,51+,56-,57?,58?/m0/s1. The van der Waals surface area contributed by atoms with Crippen LogP contribution in [-0.4, -0.2) is 229 Å². The molecule has 0 bridgehead atoms. The molecule has 1 saturated heterocycles. The van der Waals surface area contributed by atoms with E-state index >= 15 is 0 Å². The Balaban J connectivity index is 1.62. The van der Waals surface area contributed by atoms with Crippen LogP contribution in [0.25, 0.3) is 0 Å². The summed E-state index contributed by atoms with van der Waals surface area (Å²) in [5.74, 6) is -6.62. The number of phenolic OH excluding ortho intramolecular Hbond substituents is 1. The molecule has 0 spiro atoms. The van der Waals surface area contributed by atoms with Crippen molar-refractivity contribution in [3.63, 3.8) is 0 Å². The average Bonchev–Trinajstić information content (AvgIpc) is 1.10. The van der Waals surface area contributed by atoms with Crippen molar-refractivity contribution in [2.45, 2.75) is 212 Å². The van der Waals surface area contributed by atoms with E-state index in [1.807, 2.05) is 46.6 Å². The van der Waals surface area contributed by atoms with Crippen molar-refractivity contribution in [1.82, 2.24) is 52.2 Å². The Hall–Kier alpha value is -6.76. The summed E-state index contributed by atoms with van der Waals surface area (Å²) in [7, 11) is 4.34. The van der Waals surface area contributed by atoms with Gasteiger partial charge < -0.3 is 86.2 Å². The smallest absolute Gasteiger partial charge is 0.426 e. The van der Waals surface area contributed by atoms with Crippen molar-refractivity contribution in [2.24, 2.45) is 17.8 Å². The molecular weight excluding hydrogens is 1340 g/mol. The van der Waals surface area contributed by atoms with E-state index < -0.39 is 153 Å². The van der Waals surface area contributed by atoms with Crippen LogP contribution < -0.4 is 37.4 Å². The lowest BCUT2D eigenvalue weighted by Crippen LogP contribution is -2.59. The van der Waals surface area contributed by atoms with Crippen LogP contribution >= 0.6 is 32.9 Å². The number of ether oxygens (including phenoxy) is 3. The number of aromatic nitrogens is 1. The number of aliphatic carboxylic acids is 1. The van der Waals surface area contributed by atoms with Crippen LogP contribution in [0, 0.1) is 17.8 Å². The Bertz CT molecular complexity index is 2840. The maximum absolute atomic E-state index is 15.0. The number of hydrazine groups is 1. The SMILES string of the molecule is CCCC(=O)OCN(C(=O)[C@@H](NC(=O)[C@H]1CCCCN1C)C(C)CC)[C@H](C[C@@H](OC(C)=O)c1nc(CN[C@@H](Cc2ccc(O)cc2)C[C@H](C)C(=O)NNC(=O)OCCSSCCC(=O)NC(CCC(=O)NCC(O)C(O)C(O)C(O)CO)C(=O)NC(C=O)CCC(=O)O)cs1)C(C)C. The number of amides is 7. The number of likely N-dealkylation sites (N-methyl/N-ethyl adjacent to an activating group) is 1. The summed E-state index contributed by atoms with van der Waals surface area (Å²) in [6.45, 7) is 11.3. The molecule has 7 amide bonds. The Morgan fingerprint density at radius 2 is 1.52 bits per heavy atom. The van der Waals surface area contributed by atoms with Crippen LogP contribution in [0.1, 0.15) is 154 Å². The number of nitrogens with one attached hydrogen (secondary N) is 7. The van der Waals surface area contributed by atoms with Crippen molar-refractivity contribution in [3.05, 3.63) is 45.9 Å². The van der Waals surface area contributed by atoms with Gasteiger partial charge in [0.15, 0.2) is 12.8 Å². The highest BCUT2D eigenvalue weighted by atomic mass is 33.1. The fourth-order valence-corrected chi connectivity index (χ4v) is 13.0. The zero-order valence-electron chi connectivity index (χ0n) is 57.0. The number of nitrogens with zero attached hydrogens (tertiary/aromatic N) is 3. The molecule has 0 saturated carbocycles. The Labute approximate surface area is 583 Å². The minimum Gasteiger partial charge on any atom is -0.508 e. The lowest BCUT2D eigenvalue weighted by Gasteiger charge is -2.39. The molecule has 7 unspecified atom stereocenters. The number of benzene rings is 1. The van der Waals surface area contributed by atoms with E-state index in [2.05, 4.69) is 37.4 Å². The second-order valence-corrected chi connectivity index (χ2v) is 28.2. The van der Waals surface area contributed by atoms with Gasteiger partial charge in [0.1, 0.15) is 54.0 Å². The van der Waals surface area contributed by atoms with E-state index in [1.54, 1.807) is 36.6 Å². The van der Waals surface area contributed by atoms with Crippen molar-refractivity contribution in [2.75, 3.05) is 51.6 Å². The van der Waals surface area contributed by atoms with Gasteiger partial charge in [0, 0.05) is 87.0 Å². The maximum Gasteiger partial charge on any atom is 0.426 e. The number of piperidine rings is 1. The first-order chi connectivity index (χ1) is 46.5. The highest BCUT2D eigenvalue weighted by Crippen LogP contribution is 2.32. The minimum absolute atomic E-state index is 0.0627. The normalized spacial score (nSPS) is 16.9. The maximum atomic E-state index is 15.0. The van der Waals surface area contributed by atoms with E-state index in [1.165, 1.54) is 44.7 Å². The molecule has 0 aliphatic carbocycles.